The zero-order chi connectivity index (χ0) is 8.27. The highest BCUT2D eigenvalue weighted by molar-refractivity contribution is 5.72. The molecule has 0 aromatic heterocycles. The number of hydrogen-bond acceptors (Lipinski definition) is 4. The van der Waals surface area contributed by atoms with Crippen molar-refractivity contribution in [2.24, 2.45) is 10.7 Å². The van der Waals surface area contributed by atoms with Crippen molar-refractivity contribution < 1.29 is 9.47 Å². The molecule has 0 amide bonds. The van der Waals surface area contributed by atoms with Gasteiger partial charge in [0.15, 0.2) is 0 Å². The number of hydrogen-bond donors (Lipinski definition) is 1. The Balaban J connectivity index is 2.28. The average Bonchev–Trinajstić information content (AvgIpc) is 2.35. The molecule has 0 aromatic rings. The lowest BCUT2D eigenvalue weighted by atomic mass is 10.1. The Bertz CT molecular complexity index is 159. The highest BCUT2D eigenvalue weighted by atomic mass is 16.5. The predicted molar refractivity (Wildman–Crippen MR) is 42.5 cm³/mol. The minimum absolute atomic E-state index is 0.185. The van der Waals surface area contributed by atoms with Gasteiger partial charge in [0.05, 0.1) is 12.1 Å². The van der Waals surface area contributed by atoms with Gasteiger partial charge in [-0.05, 0) is 13.3 Å². The molecule has 0 aromatic carbocycles. The summed E-state index contributed by atoms with van der Waals surface area (Å²) in [5.74, 6) is 0. The third kappa shape index (κ3) is 2.38. The normalized spacial score (nSPS) is 26.0. The SMILES string of the molecule is CO[C@H](C)C[C@H]1COC(N)=N1. The van der Waals surface area contributed by atoms with Crippen molar-refractivity contribution in [3.63, 3.8) is 0 Å². The second-order valence-electron chi connectivity index (χ2n) is 2.71. The highest BCUT2D eigenvalue weighted by Crippen LogP contribution is 2.10. The molecule has 4 nitrogen and oxygen atoms in total. The van der Waals surface area contributed by atoms with Crippen LogP contribution in [0.25, 0.3) is 0 Å². The third-order valence-electron chi connectivity index (χ3n) is 1.74. The Labute approximate surface area is 66.4 Å². The third-order valence-corrected chi connectivity index (χ3v) is 1.74. The highest BCUT2D eigenvalue weighted by Gasteiger charge is 2.18. The van der Waals surface area contributed by atoms with E-state index in [1.165, 1.54) is 0 Å². The molecule has 0 spiro atoms. The van der Waals surface area contributed by atoms with Crippen molar-refractivity contribution in [2.75, 3.05) is 13.7 Å². The molecule has 0 bridgehead atoms. The lowest BCUT2D eigenvalue weighted by Gasteiger charge is -2.10. The number of nitrogens with two attached hydrogens (primary N) is 1. The number of aliphatic imine (C=N–C) groups is 1. The van der Waals surface area contributed by atoms with Crippen LogP contribution in [0.3, 0.4) is 0 Å². The van der Waals surface area contributed by atoms with Crippen molar-refractivity contribution in [3.8, 4) is 0 Å². The van der Waals surface area contributed by atoms with Crippen LogP contribution in [0, 0.1) is 0 Å². The van der Waals surface area contributed by atoms with Crippen molar-refractivity contribution in [1.82, 2.24) is 0 Å². The van der Waals surface area contributed by atoms with Gasteiger partial charge in [-0.1, -0.05) is 0 Å². The van der Waals surface area contributed by atoms with E-state index in [0.717, 1.165) is 6.42 Å². The predicted octanol–water partition coefficient (Wildman–Crippen LogP) is 0.125. The van der Waals surface area contributed by atoms with E-state index < -0.39 is 0 Å². The number of ether oxygens (including phenoxy) is 2. The molecular formula is C7H14N2O2. The molecule has 1 aliphatic rings. The summed E-state index contributed by atoms with van der Waals surface area (Å²) in [7, 11) is 1.69. The topological polar surface area (TPSA) is 56.8 Å². The Morgan fingerprint density at radius 2 is 2.64 bits per heavy atom. The fraction of sp³-hybridized carbons (Fsp3) is 0.857. The van der Waals surface area contributed by atoms with Gasteiger partial charge in [-0.2, -0.15) is 0 Å². The standard InChI is InChI=1S/C7H14N2O2/c1-5(10-2)3-6-4-11-7(8)9-6/h5-6H,3-4H2,1-2H3,(H2,8,9)/t5-,6+/m1/s1. The van der Waals surface area contributed by atoms with E-state index in [9.17, 15) is 0 Å². The van der Waals surface area contributed by atoms with E-state index in [4.69, 9.17) is 15.2 Å². The average molecular weight is 158 g/mol. The lowest BCUT2D eigenvalue weighted by Crippen LogP contribution is -2.16. The van der Waals surface area contributed by atoms with Gasteiger partial charge in [-0.15, -0.1) is 0 Å². The molecule has 11 heavy (non-hydrogen) atoms. The quantitative estimate of drug-likeness (QED) is 0.635. The molecule has 0 radical (unpaired) electrons. The number of amidine groups is 1. The molecular weight excluding hydrogens is 144 g/mol. The number of nitrogens with zero attached hydrogens (tertiary/aromatic N) is 1. The van der Waals surface area contributed by atoms with E-state index in [-0.39, 0.29) is 12.1 Å². The van der Waals surface area contributed by atoms with E-state index in [1.807, 2.05) is 6.92 Å². The Hall–Kier alpha value is -0.770. The summed E-state index contributed by atoms with van der Waals surface area (Å²) in [5.41, 5.74) is 5.33. The van der Waals surface area contributed by atoms with Gasteiger partial charge in [-0.3, -0.25) is 0 Å². The maximum Gasteiger partial charge on any atom is 0.282 e. The lowest BCUT2D eigenvalue weighted by molar-refractivity contribution is 0.101. The summed E-state index contributed by atoms with van der Waals surface area (Å²) >= 11 is 0. The second kappa shape index (κ2) is 3.57. The van der Waals surface area contributed by atoms with Crippen LogP contribution in [0.4, 0.5) is 0 Å². The first-order chi connectivity index (χ1) is 5.22. The molecule has 0 saturated heterocycles. The summed E-state index contributed by atoms with van der Waals surface area (Å²) in [6.45, 7) is 2.60. The van der Waals surface area contributed by atoms with Gasteiger partial charge in [0.25, 0.3) is 6.02 Å². The van der Waals surface area contributed by atoms with E-state index in [2.05, 4.69) is 4.99 Å². The van der Waals surface area contributed by atoms with Crippen molar-refractivity contribution in [3.05, 3.63) is 0 Å². The Morgan fingerprint density at radius 1 is 1.91 bits per heavy atom. The zero-order valence-electron chi connectivity index (χ0n) is 6.91. The van der Waals surface area contributed by atoms with Crippen molar-refractivity contribution in [2.45, 2.75) is 25.5 Å². The molecule has 0 saturated carbocycles. The maximum absolute atomic E-state index is 5.33. The van der Waals surface area contributed by atoms with Crippen LogP contribution >= 0.6 is 0 Å². The van der Waals surface area contributed by atoms with Crippen molar-refractivity contribution >= 4 is 6.02 Å². The molecule has 2 atom stereocenters. The molecule has 2 N–H and O–H groups in total. The molecule has 0 aliphatic carbocycles. The van der Waals surface area contributed by atoms with Crippen LogP contribution in [0.2, 0.25) is 0 Å². The van der Waals surface area contributed by atoms with E-state index in [1.54, 1.807) is 7.11 Å². The Morgan fingerprint density at radius 3 is 3.09 bits per heavy atom. The molecule has 1 heterocycles. The zero-order valence-corrected chi connectivity index (χ0v) is 6.91. The minimum atomic E-state index is 0.185. The van der Waals surface area contributed by atoms with Crippen LogP contribution in [0.5, 0.6) is 0 Å². The molecule has 64 valence electrons. The van der Waals surface area contributed by atoms with E-state index >= 15 is 0 Å². The van der Waals surface area contributed by atoms with Crippen LogP contribution in [-0.4, -0.2) is 31.9 Å². The summed E-state index contributed by atoms with van der Waals surface area (Å²) in [4.78, 5) is 4.07. The summed E-state index contributed by atoms with van der Waals surface area (Å²) in [6.07, 6.45) is 1.09. The van der Waals surface area contributed by atoms with Crippen molar-refractivity contribution in [1.29, 1.82) is 0 Å². The van der Waals surface area contributed by atoms with Gasteiger partial charge >= 0.3 is 0 Å². The summed E-state index contributed by atoms with van der Waals surface area (Å²) in [6, 6.07) is 0.489. The molecule has 4 heteroatoms. The smallest absolute Gasteiger partial charge is 0.282 e. The van der Waals surface area contributed by atoms with Gasteiger partial charge < -0.3 is 15.2 Å². The summed E-state index contributed by atoms with van der Waals surface area (Å²) in [5, 5.41) is 0. The van der Waals surface area contributed by atoms with Crippen LogP contribution < -0.4 is 5.73 Å². The first-order valence-electron chi connectivity index (χ1n) is 3.71. The van der Waals surface area contributed by atoms with E-state index in [0.29, 0.717) is 12.6 Å². The first-order valence-corrected chi connectivity index (χ1v) is 3.71. The first kappa shape index (κ1) is 8.33. The van der Waals surface area contributed by atoms with Crippen LogP contribution in [-0.2, 0) is 9.47 Å². The number of rotatable bonds is 3. The van der Waals surface area contributed by atoms with Gasteiger partial charge in [0.1, 0.15) is 6.61 Å². The second-order valence-corrected chi connectivity index (χ2v) is 2.71. The molecule has 0 unspecified atom stereocenters. The molecule has 0 fully saturated rings. The van der Waals surface area contributed by atoms with Crippen LogP contribution in [0.15, 0.2) is 4.99 Å². The molecule has 1 rings (SSSR count). The van der Waals surface area contributed by atoms with Gasteiger partial charge in [0, 0.05) is 7.11 Å². The Kier molecular flexibility index (Phi) is 2.70. The molecule has 1 aliphatic heterocycles. The van der Waals surface area contributed by atoms with Crippen LogP contribution in [0.1, 0.15) is 13.3 Å². The monoisotopic (exact) mass is 158 g/mol. The minimum Gasteiger partial charge on any atom is -0.463 e. The fourth-order valence-electron chi connectivity index (χ4n) is 1.04. The summed E-state index contributed by atoms with van der Waals surface area (Å²) < 4.78 is 10.1. The van der Waals surface area contributed by atoms with Gasteiger partial charge in [-0.25, -0.2) is 4.99 Å². The largest absolute Gasteiger partial charge is 0.463 e. The maximum atomic E-state index is 5.33. The number of methoxy groups -OCH3 is 1. The fourth-order valence-corrected chi connectivity index (χ4v) is 1.04. The van der Waals surface area contributed by atoms with Gasteiger partial charge in [0.2, 0.25) is 0 Å².